The Labute approximate surface area is 103 Å². The van der Waals surface area contributed by atoms with E-state index >= 15 is 0 Å². The zero-order valence-electron chi connectivity index (χ0n) is 11.3. The van der Waals surface area contributed by atoms with Gasteiger partial charge in [-0.2, -0.15) is 0 Å². The van der Waals surface area contributed by atoms with Crippen LogP contribution in [0.25, 0.3) is 0 Å². The molecule has 0 saturated heterocycles. The fourth-order valence-corrected chi connectivity index (χ4v) is 3.86. The van der Waals surface area contributed by atoms with Crippen molar-refractivity contribution in [2.75, 3.05) is 0 Å². The van der Waals surface area contributed by atoms with Crippen LogP contribution in [0.1, 0.15) is 53.4 Å². The van der Waals surface area contributed by atoms with Crippen molar-refractivity contribution in [3.8, 4) is 0 Å². The van der Waals surface area contributed by atoms with Gasteiger partial charge in [-0.3, -0.25) is 4.79 Å². The van der Waals surface area contributed by atoms with E-state index in [0.29, 0.717) is 30.5 Å². The van der Waals surface area contributed by atoms with Crippen molar-refractivity contribution in [2.45, 2.75) is 53.4 Å². The summed E-state index contributed by atoms with van der Waals surface area (Å²) in [5, 5.41) is 0. The Balaban J connectivity index is 2.38. The minimum atomic E-state index is -0.174. The zero-order valence-corrected chi connectivity index (χ0v) is 11.3. The monoisotopic (exact) mass is 234 g/mol. The summed E-state index contributed by atoms with van der Waals surface area (Å²) in [6.07, 6.45) is 3.19. The highest BCUT2D eigenvalue weighted by molar-refractivity contribution is 5.88. The molecule has 0 aromatic heterocycles. The topological polar surface area (TPSA) is 34.1 Å². The summed E-state index contributed by atoms with van der Waals surface area (Å²) in [7, 11) is 0. The van der Waals surface area contributed by atoms with Crippen molar-refractivity contribution in [1.82, 2.24) is 0 Å². The minimum absolute atomic E-state index is 0.174. The van der Waals surface area contributed by atoms with Gasteiger partial charge in [0.1, 0.15) is 11.6 Å². The molecule has 0 heterocycles. The van der Waals surface area contributed by atoms with Crippen LogP contribution in [0, 0.1) is 17.3 Å². The SMILES string of the molecule is CC(=O)C[C@H]1C(=C(C)C)C[C@@]2(C)C(=O)CC[C@@H]12. The van der Waals surface area contributed by atoms with Gasteiger partial charge >= 0.3 is 0 Å². The highest BCUT2D eigenvalue weighted by Gasteiger charge is 2.55. The van der Waals surface area contributed by atoms with E-state index in [-0.39, 0.29) is 11.2 Å². The third-order valence-corrected chi connectivity index (χ3v) is 4.78. The number of carbonyl (C=O) groups is 2. The number of fused-ring (bicyclic) bond motifs is 1. The molecule has 2 saturated carbocycles. The molecule has 0 aliphatic heterocycles. The number of rotatable bonds is 2. The summed E-state index contributed by atoms with van der Waals surface area (Å²) < 4.78 is 0. The van der Waals surface area contributed by atoms with Gasteiger partial charge in [0.05, 0.1) is 0 Å². The second-order valence-electron chi connectivity index (χ2n) is 6.20. The molecule has 0 N–H and O–H groups in total. The largest absolute Gasteiger partial charge is 0.300 e. The molecule has 0 radical (unpaired) electrons. The van der Waals surface area contributed by atoms with E-state index in [0.717, 1.165) is 12.8 Å². The van der Waals surface area contributed by atoms with Crippen LogP contribution in [0.15, 0.2) is 11.1 Å². The standard InChI is InChI=1S/C15H22O2/c1-9(2)12-8-15(4)13(5-6-14(15)17)11(12)7-10(3)16/h11,13H,5-8H2,1-4H3/t11-,13-,15+/m0/s1. The van der Waals surface area contributed by atoms with Gasteiger partial charge < -0.3 is 4.79 Å². The predicted octanol–water partition coefficient (Wildman–Crippen LogP) is 3.31. The van der Waals surface area contributed by atoms with E-state index in [1.165, 1.54) is 11.1 Å². The number of Topliss-reactive ketones (excluding diaryl/α,β-unsaturated/α-hetero) is 2. The molecule has 0 spiro atoms. The summed E-state index contributed by atoms with van der Waals surface area (Å²) in [5.74, 6) is 1.39. The lowest BCUT2D eigenvalue weighted by Crippen LogP contribution is -2.26. The van der Waals surface area contributed by atoms with Gasteiger partial charge in [0.15, 0.2) is 0 Å². The van der Waals surface area contributed by atoms with Gasteiger partial charge in [0.25, 0.3) is 0 Å². The maximum atomic E-state index is 12.1. The van der Waals surface area contributed by atoms with E-state index in [9.17, 15) is 9.59 Å². The van der Waals surface area contributed by atoms with Crippen molar-refractivity contribution >= 4 is 11.6 Å². The van der Waals surface area contributed by atoms with Gasteiger partial charge in [-0.05, 0) is 45.4 Å². The quantitative estimate of drug-likeness (QED) is 0.687. The van der Waals surface area contributed by atoms with Crippen molar-refractivity contribution in [1.29, 1.82) is 0 Å². The summed E-state index contributed by atoms with van der Waals surface area (Å²) in [5.41, 5.74) is 2.51. The number of hydrogen-bond acceptors (Lipinski definition) is 2. The molecule has 0 bridgehead atoms. The molecule has 17 heavy (non-hydrogen) atoms. The van der Waals surface area contributed by atoms with Crippen molar-refractivity contribution in [3.63, 3.8) is 0 Å². The summed E-state index contributed by atoms with van der Waals surface area (Å²) >= 11 is 0. The van der Waals surface area contributed by atoms with Crippen LogP contribution in [0.5, 0.6) is 0 Å². The molecule has 0 aromatic carbocycles. The average molecular weight is 234 g/mol. The molecule has 2 aliphatic rings. The van der Waals surface area contributed by atoms with Crippen LogP contribution in [-0.2, 0) is 9.59 Å². The van der Waals surface area contributed by atoms with E-state index in [1.54, 1.807) is 6.92 Å². The van der Waals surface area contributed by atoms with E-state index in [1.807, 2.05) is 0 Å². The molecule has 2 fully saturated rings. The first-order valence-corrected chi connectivity index (χ1v) is 6.55. The lowest BCUT2D eigenvalue weighted by molar-refractivity contribution is -0.126. The molecule has 3 atom stereocenters. The lowest BCUT2D eigenvalue weighted by Gasteiger charge is -2.24. The number of allylic oxidation sites excluding steroid dienone is 2. The Hall–Kier alpha value is -0.920. The Morgan fingerprint density at radius 2 is 2.00 bits per heavy atom. The Bertz CT molecular complexity index is 401. The first-order chi connectivity index (χ1) is 7.86. The molecule has 94 valence electrons. The maximum absolute atomic E-state index is 12.1. The van der Waals surface area contributed by atoms with Crippen LogP contribution in [0.3, 0.4) is 0 Å². The summed E-state index contributed by atoms with van der Waals surface area (Å²) in [6.45, 7) is 7.99. The third kappa shape index (κ3) is 1.88. The molecule has 0 aromatic rings. The van der Waals surface area contributed by atoms with Crippen molar-refractivity contribution in [3.05, 3.63) is 11.1 Å². The summed E-state index contributed by atoms with van der Waals surface area (Å²) in [4.78, 5) is 23.5. The number of carbonyl (C=O) groups excluding carboxylic acids is 2. The fourth-order valence-electron chi connectivity index (χ4n) is 3.86. The van der Waals surface area contributed by atoms with Crippen LogP contribution in [0.4, 0.5) is 0 Å². The molecule has 2 rings (SSSR count). The number of hydrogen-bond donors (Lipinski definition) is 0. The average Bonchev–Trinajstić information content (AvgIpc) is 2.64. The van der Waals surface area contributed by atoms with Gasteiger partial charge in [0.2, 0.25) is 0 Å². The minimum Gasteiger partial charge on any atom is -0.300 e. The number of ketones is 2. The Morgan fingerprint density at radius 3 is 2.53 bits per heavy atom. The molecular formula is C15H22O2. The van der Waals surface area contributed by atoms with Crippen LogP contribution < -0.4 is 0 Å². The predicted molar refractivity (Wildman–Crippen MR) is 67.6 cm³/mol. The molecule has 2 aliphatic carbocycles. The van der Waals surface area contributed by atoms with Gasteiger partial charge in [-0.15, -0.1) is 0 Å². The second-order valence-corrected chi connectivity index (χ2v) is 6.20. The Morgan fingerprint density at radius 1 is 1.35 bits per heavy atom. The van der Waals surface area contributed by atoms with E-state index < -0.39 is 0 Å². The fraction of sp³-hybridized carbons (Fsp3) is 0.733. The normalized spacial score (nSPS) is 36.2. The van der Waals surface area contributed by atoms with E-state index in [4.69, 9.17) is 0 Å². The van der Waals surface area contributed by atoms with Crippen LogP contribution in [-0.4, -0.2) is 11.6 Å². The van der Waals surface area contributed by atoms with Crippen molar-refractivity contribution < 1.29 is 9.59 Å². The molecule has 0 unspecified atom stereocenters. The molecule has 2 nitrogen and oxygen atoms in total. The van der Waals surface area contributed by atoms with Gasteiger partial charge in [-0.1, -0.05) is 18.1 Å². The van der Waals surface area contributed by atoms with Crippen LogP contribution >= 0.6 is 0 Å². The molecule has 2 heteroatoms. The van der Waals surface area contributed by atoms with E-state index in [2.05, 4.69) is 20.8 Å². The zero-order chi connectivity index (χ0) is 12.8. The van der Waals surface area contributed by atoms with Gasteiger partial charge in [0, 0.05) is 18.3 Å². The Kier molecular flexibility index (Phi) is 3.01. The van der Waals surface area contributed by atoms with Crippen molar-refractivity contribution in [2.24, 2.45) is 17.3 Å². The molecule has 0 amide bonds. The maximum Gasteiger partial charge on any atom is 0.139 e. The van der Waals surface area contributed by atoms with Gasteiger partial charge in [-0.25, -0.2) is 0 Å². The smallest absolute Gasteiger partial charge is 0.139 e. The highest BCUT2D eigenvalue weighted by atomic mass is 16.1. The first kappa shape index (κ1) is 12.5. The first-order valence-electron chi connectivity index (χ1n) is 6.55. The third-order valence-electron chi connectivity index (χ3n) is 4.78. The highest BCUT2D eigenvalue weighted by Crippen LogP contribution is 2.58. The molecular weight excluding hydrogens is 212 g/mol. The second kappa shape index (κ2) is 4.08. The van der Waals surface area contributed by atoms with Crippen LogP contribution in [0.2, 0.25) is 0 Å². The lowest BCUT2D eigenvalue weighted by atomic mass is 9.78. The summed E-state index contributed by atoms with van der Waals surface area (Å²) in [6, 6.07) is 0.